The van der Waals surface area contributed by atoms with Gasteiger partial charge >= 0.3 is 0 Å². The molecule has 0 bridgehead atoms. The van der Waals surface area contributed by atoms with Crippen molar-refractivity contribution in [3.8, 4) is 17.1 Å². The number of ether oxygens (including phenoxy) is 1. The Morgan fingerprint density at radius 2 is 1.92 bits per heavy atom. The molecule has 3 heterocycles. The van der Waals surface area contributed by atoms with Gasteiger partial charge in [-0.3, -0.25) is 14.6 Å². The molecule has 0 aliphatic carbocycles. The molecule has 0 radical (unpaired) electrons. The van der Waals surface area contributed by atoms with Crippen LogP contribution in [0, 0.1) is 0 Å². The molecule has 1 atom stereocenters. The number of primary amides is 1. The van der Waals surface area contributed by atoms with Gasteiger partial charge in [0.25, 0.3) is 0 Å². The lowest BCUT2D eigenvalue weighted by Gasteiger charge is -2.17. The van der Waals surface area contributed by atoms with Crippen molar-refractivity contribution < 1.29 is 14.3 Å². The molecule has 4 aromatic rings. The summed E-state index contributed by atoms with van der Waals surface area (Å²) in [6, 6.07) is 15.0. The Balaban J connectivity index is 1.54. The van der Waals surface area contributed by atoms with E-state index in [1.165, 1.54) is 0 Å². The molecule has 4 N–H and O–H groups in total. The molecule has 0 unspecified atom stereocenters. The lowest BCUT2D eigenvalue weighted by atomic mass is 10.1. The number of fused-ring (bicyclic) bond motifs is 1. The van der Waals surface area contributed by atoms with Crippen LogP contribution in [0.15, 0.2) is 60.9 Å². The second-order valence-corrected chi connectivity index (χ2v) is 8.60. The normalized spacial score (nSPS) is 11.8. The highest BCUT2D eigenvalue weighted by Gasteiger charge is 2.20. The number of imidazole rings is 1. The summed E-state index contributed by atoms with van der Waals surface area (Å²) in [7, 11) is 1.59. The SMILES string of the molecule is COc1nc2ccccc2cc1-c1cnc([C@H](CCCCCC(N)=O)NC(=O)Cc2ccccn2)[nH]1. The number of unbranched alkanes of at least 4 members (excludes halogenated alkanes) is 2. The summed E-state index contributed by atoms with van der Waals surface area (Å²) in [6.45, 7) is 0. The Kier molecular flexibility index (Phi) is 8.23. The van der Waals surface area contributed by atoms with Gasteiger partial charge in [0.15, 0.2) is 0 Å². The van der Waals surface area contributed by atoms with Gasteiger partial charge in [0.05, 0.1) is 42.5 Å². The van der Waals surface area contributed by atoms with Gasteiger partial charge in [0, 0.05) is 23.7 Å². The molecule has 3 aromatic heterocycles. The van der Waals surface area contributed by atoms with E-state index in [4.69, 9.17) is 10.5 Å². The molecular weight excluding hydrogens is 456 g/mol. The van der Waals surface area contributed by atoms with Gasteiger partial charge in [-0.1, -0.05) is 37.1 Å². The van der Waals surface area contributed by atoms with Gasteiger partial charge in [-0.2, -0.15) is 0 Å². The molecule has 0 saturated carbocycles. The second kappa shape index (κ2) is 11.9. The smallest absolute Gasteiger partial charge is 0.226 e. The van der Waals surface area contributed by atoms with Crippen molar-refractivity contribution in [1.82, 2.24) is 25.3 Å². The average Bonchev–Trinajstić information content (AvgIpc) is 3.37. The van der Waals surface area contributed by atoms with Crippen molar-refractivity contribution in [3.05, 3.63) is 72.4 Å². The molecule has 36 heavy (non-hydrogen) atoms. The van der Waals surface area contributed by atoms with Gasteiger partial charge in [0.2, 0.25) is 17.7 Å². The van der Waals surface area contributed by atoms with Crippen LogP contribution in [0.5, 0.6) is 5.88 Å². The maximum Gasteiger partial charge on any atom is 0.226 e. The monoisotopic (exact) mass is 486 g/mol. The van der Waals surface area contributed by atoms with Crippen molar-refractivity contribution >= 4 is 22.7 Å². The van der Waals surface area contributed by atoms with Gasteiger partial charge in [-0.15, -0.1) is 0 Å². The van der Waals surface area contributed by atoms with Gasteiger partial charge in [0.1, 0.15) is 5.82 Å². The van der Waals surface area contributed by atoms with E-state index >= 15 is 0 Å². The summed E-state index contributed by atoms with van der Waals surface area (Å²) in [5.41, 5.74) is 8.32. The Bertz CT molecular complexity index is 1320. The molecular formula is C27H30N6O3. The molecule has 1 aromatic carbocycles. The predicted molar refractivity (Wildman–Crippen MR) is 137 cm³/mol. The molecule has 0 aliphatic heterocycles. The lowest BCUT2D eigenvalue weighted by Crippen LogP contribution is -2.30. The fourth-order valence-corrected chi connectivity index (χ4v) is 4.11. The third-order valence-corrected chi connectivity index (χ3v) is 5.92. The zero-order chi connectivity index (χ0) is 25.3. The van der Waals surface area contributed by atoms with Crippen molar-refractivity contribution in [2.24, 2.45) is 5.73 Å². The number of hydrogen-bond donors (Lipinski definition) is 3. The van der Waals surface area contributed by atoms with Crippen molar-refractivity contribution in [1.29, 1.82) is 0 Å². The second-order valence-electron chi connectivity index (χ2n) is 8.60. The van der Waals surface area contributed by atoms with E-state index in [9.17, 15) is 9.59 Å². The maximum absolute atomic E-state index is 12.8. The third-order valence-electron chi connectivity index (χ3n) is 5.92. The summed E-state index contributed by atoms with van der Waals surface area (Å²) in [5, 5.41) is 4.08. The number of aromatic nitrogens is 4. The van der Waals surface area contributed by atoms with Crippen LogP contribution in [-0.4, -0.2) is 38.9 Å². The number of nitrogens with one attached hydrogen (secondary N) is 2. The van der Waals surface area contributed by atoms with Crippen LogP contribution in [0.4, 0.5) is 0 Å². The van der Waals surface area contributed by atoms with Crippen molar-refractivity contribution in [2.75, 3.05) is 7.11 Å². The summed E-state index contributed by atoms with van der Waals surface area (Å²) >= 11 is 0. The van der Waals surface area contributed by atoms with Crippen molar-refractivity contribution in [2.45, 2.75) is 44.6 Å². The quantitative estimate of drug-likeness (QED) is 0.260. The van der Waals surface area contributed by atoms with Gasteiger partial charge in [-0.25, -0.2) is 9.97 Å². The third kappa shape index (κ3) is 6.44. The van der Waals surface area contributed by atoms with Crippen LogP contribution < -0.4 is 15.8 Å². The zero-order valence-corrected chi connectivity index (χ0v) is 20.2. The minimum absolute atomic E-state index is 0.140. The highest BCUT2D eigenvalue weighted by atomic mass is 16.5. The van der Waals surface area contributed by atoms with E-state index in [2.05, 4.69) is 25.3 Å². The number of methoxy groups -OCH3 is 1. The number of para-hydroxylation sites is 1. The first kappa shape index (κ1) is 24.8. The number of carbonyl (C=O) groups is 2. The number of amides is 2. The summed E-state index contributed by atoms with van der Waals surface area (Å²) < 4.78 is 5.55. The zero-order valence-electron chi connectivity index (χ0n) is 20.2. The van der Waals surface area contributed by atoms with Crippen LogP contribution in [0.1, 0.15) is 49.7 Å². The topological polar surface area (TPSA) is 136 Å². The van der Waals surface area contributed by atoms with Crippen LogP contribution in [0.2, 0.25) is 0 Å². The number of rotatable bonds is 12. The largest absolute Gasteiger partial charge is 0.480 e. The number of nitrogens with two attached hydrogens (primary N) is 1. The molecule has 0 fully saturated rings. The molecule has 4 rings (SSSR count). The standard InChI is InChI=1S/C27H30N6O3/c1-36-27-20(15-18-9-5-6-11-21(18)33-27)23-17-30-26(32-23)22(12-3-2-4-13-24(28)34)31-25(35)16-19-10-7-8-14-29-19/h5-11,14-15,17,22H,2-4,12-13,16H2,1H3,(H2,28,34)(H,30,32)(H,31,35)/t22-/m0/s1. The predicted octanol–water partition coefficient (Wildman–Crippen LogP) is 3.86. The van der Waals surface area contributed by atoms with E-state index in [1.54, 1.807) is 19.5 Å². The number of pyridine rings is 2. The fourth-order valence-electron chi connectivity index (χ4n) is 4.11. The van der Waals surface area contributed by atoms with Gasteiger partial charge < -0.3 is 20.8 Å². The van der Waals surface area contributed by atoms with E-state index in [-0.39, 0.29) is 24.3 Å². The lowest BCUT2D eigenvalue weighted by molar-refractivity contribution is -0.121. The van der Waals surface area contributed by atoms with E-state index < -0.39 is 0 Å². The van der Waals surface area contributed by atoms with E-state index in [0.29, 0.717) is 36.7 Å². The minimum Gasteiger partial charge on any atom is -0.480 e. The first-order valence-corrected chi connectivity index (χ1v) is 12.0. The Morgan fingerprint density at radius 1 is 1.08 bits per heavy atom. The number of carbonyl (C=O) groups excluding carboxylic acids is 2. The van der Waals surface area contributed by atoms with Gasteiger partial charge in [-0.05, 0) is 37.1 Å². The Morgan fingerprint density at radius 3 is 2.69 bits per heavy atom. The number of hydrogen-bond acceptors (Lipinski definition) is 6. The highest BCUT2D eigenvalue weighted by molar-refractivity contribution is 5.85. The van der Waals surface area contributed by atoms with E-state index in [0.717, 1.165) is 35.0 Å². The van der Waals surface area contributed by atoms with Crippen molar-refractivity contribution in [3.63, 3.8) is 0 Å². The fraction of sp³-hybridized carbons (Fsp3) is 0.296. The summed E-state index contributed by atoms with van der Waals surface area (Å²) in [5.74, 6) is 0.693. The molecule has 9 heteroatoms. The Labute approximate surface area is 209 Å². The van der Waals surface area contributed by atoms with E-state index in [1.807, 2.05) is 48.5 Å². The summed E-state index contributed by atoms with van der Waals surface area (Å²) in [6.07, 6.45) is 6.94. The van der Waals surface area contributed by atoms with Crippen LogP contribution in [0.25, 0.3) is 22.2 Å². The molecule has 9 nitrogen and oxygen atoms in total. The molecule has 2 amide bonds. The summed E-state index contributed by atoms with van der Waals surface area (Å²) in [4.78, 5) is 40.7. The van der Waals surface area contributed by atoms with Crippen LogP contribution in [-0.2, 0) is 16.0 Å². The first-order chi connectivity index (χ1) is 17.5. The maximum atomic E-state index is 12.8. The number of aromatic amines is 1. The highest BCUT2D eigenvalue weighted by Crippen LogP contribution is 2.31. The Hall–Kier alpha value is -4.27. The molecule has 0 aliphatic rings. The molecule has 0 spiro atoms. The first-order valence-electron chi connectivity index (χ1n) is 12.0. The van der Waals surface area contributed by atoms with Crippen LogP contribution >= 0.6 is 0 Å². The van der Waals surface area contributed by atoms with Crippen LogP contribution in [0.3, 0.4) is 0 Å². The number of benzene rings is 1. The molecule has 0 saturated heterocycles. The number of H-pyrrole nitrogens is 1. The number of nitrogens with zero attached hydrogens (tertiary/aromatic N) is 3. The molecule has 186 valence electrons. The average molecular weight is 487 g/mol. The minimum atomic E-state index is -0.331.